The van der Waals surface area contributed by atoms with Crippen LogP contribution in [0, 0.1) is 0 Å². The number of hydrogen-bond donors (Lipinski definition) is 7. The van der Waals surface area contributed by atoms with E-state index < -0.39 is 61.5 Å². The van der Waals surface area contributed by atoms with Crippen LogP contribution in [-0.4, -0.2) is 98.7 Å². The van der Waals surface area contributed by atoms with E-state index >= 15 is 0 Å². The molecule has 0 aliphatic carbocycles. The first-order valence-electron chi connectivity index (χ1n) is 21.2. The number of unbranched alkanes of at least 4 members (excludes halogenated alkanes) is 19. The van der Waals surface area contributed by atoms with Gasteiger partial charge in [-0.2, -0.15) is 0 Å². The molecule has 1 amide bonds. The van der Waals surface area contributed by atoms with E-state index in [9.17, 15) is 35.4 Å². The minimum Gasteiger partial charge on any atom is -0.394 e. The Balaban J connectivity index is 2.57. The van der Waals surface area contributed by atoms with Gasteiger partial charge in [0.15, 0.2) is 12.4 Å². The number of hydrogen-bond acceptors (Lipinski definition) is 9. The maximum Gasteiger partial charge on any atom is 0.253 e. The largest absolute Gasteiger partial charge is 0.394 e. The van der Waals surface area contributed by atoms with E-state index in [2.05, 4.69) is 32.2 Å². The van der Waals surface area contributed by atoms with Crippen molar-refractivity contribution in [1.82, 2.24) is 5.32 Å². The number of aliphatic hydroxyl groups excluding tert-OH is 6. The minimum atomic E-state index is -1.62. The molecule has 1 aliphatic rings. The fourth-order valence-electron chi connectivity index (χ4n) is 6.57. The topological polar surface area (TPSA) is 169 Å². The SMILES string of the molecule is CCCCCCCCCCCCCCC/C=C/C(O)C(=O)NC(COC1OC(CO)C(O)C(O)C1O)C(O)/C=C/CC/C=C(\C)CCCCCCCC. The summed E-state index contributed by atoms with van der Waals surface area (Å²) in [5, 5.41) is 64.4. The lowest BCUT2D eigenvalue weighted by Gasteiger charge is -2.40. The number of carbonyl (C=O) groups excluding carboxylic acids is 1. The van der Waals surface area contributed by atoms with Gasteiger partial charge in [-0.25, -0.2) is 0 Å². The number of allylic oxidation sites excluding steroid dienone is 4. The molecular weight excluding hydrogens is 674 g/mol. The second-order valence-electron chi connectivity index (χ2n) is 15.1. The number of amides is 1. The Labute approximate surface area is 322 Å². The smallest absolute Gasteiger partial charge is 0.253 e. The van der Waals surface area contributed by atoms with Gasteiger partial charge in [0.05, 0.1) is 25.4 Å². The summed E-state index contributed by atoms with van der Waals surface area (Å²) in [4.78, 5) is 13.0. The molecular formula is C43H79NO9. The first-order chi connectivity index (χ1) is 25.7. The van der Waals surface area contributed by atoms with Crippen molar-refractivity contribution in [2.24, 2.45) is 0 Å². The second kappa shape index (κ2) is 32.6. The molecule has 10 nitrogen and oxygen atoms in total. The molecule has 0 bridgehead atoms. The van der Waals surface area contributed by atoms with Crippen molar-refractivity contribution in [1.29, 1.82) is 0 Å². The van der Waals surface area contributed by atoms with Gasteiger partial charge in [0.25, 0.3) is 5.91 Å². The minimum absolute atomic E-state index is 0.341. The van der Waals surface area contributed by atoms with Gasteiger partial charge in [0, 0.05) is 0 Å². The van der Waals surface area contributed by atoms with E-state index in [1.165, 1.54) is 121 Å². The summed E-state index contributed by atoms with van der Waals surface area (Å²) in [6.07, 6.45) is 26.3. The Bertz CT molecular complexity index is 971. The van der Waals surface area contributed by atoms with E-state index in [0.717, 1.165) is 32.1 Å². The lowest BCUT2D eigenvalue weighted by Crippen LogP contribution is -2.60. The standard InChI is InChI=1S/C43H79NO9/c1-4-6-8-10-12-13-14-15-16-17-18-19-20-22-26-31-37(47)42(51)44-35(33-52-43-41(50)40(49)39(48)38(32-45)53-43)36(46)30-27-23-25-29-34(3)28-24-21-11-9-7-5-2/h26-27,29-31,35-41,43,45-50H,4-25,28,32-33H2,1-3H3,(H,44,51)/b30-27+,31-26+,34-29+. The molecule has 1 rings (SSSR count). The van der Waals surface area contributed by atoms with Gasteiger partial charge >= 0.3 is 0 Å². The number of ether oxygens (including phenoxy) is 2. The van der Waals surface area contributed by atoms with E-state index in [-0.39, 0.29) is 6.61 Å². The molecule has 0 spiro atoms. The number of rotatable bonds is 33. The van der Waals surface area contributed by atoms with Crippen LogP contribution < -0.4 is 5.32 Å². The van der Waals surface area contributed by atoms with Crippen LogP contribution in [0.5, 0.6) is 0 Å². The summed E-state index contributed by atoms with van der Waals surface area (Å²) >= 11 is 0. The summed E-state index contributed by atoms with van der Waals surface area (Å²) in [5.41, 5.74) is 1.35. The van der Waals surface area contributed by atoms with E-state index in [0.29, 0.717) is 6.42 Å². The van der Waals surface area contributed by atoms with Crippen LogP contribution in [0.2, 0.25) is 0 Å². The van der Waals surface area contributed by atoms with Crippen LogP contribution in [-0.2, 0) is 14.3 Å². The van der Waals surface area contributed by atoms with E-state index in [1.54, 1.807) is 12.2 Å². The Morgan fingerprint density at radius 3 is 1.79 bits per heavy atom. The highest BCUT2D eigenvalue weighted by molar-refractivity contribution is 5.82. The first kappa shape index (κ1) is 49.4. The molecule has 0 aromatic rings. The highest BCUT2D eigenvalue weighted by Crippen LogP contribution is 2.22. The second-order valence-corrected chi connectivity index (χ2v) is 15.1. The Kier molecular flexibility index (Phi) is 30.4. The van der Waals surface area contributed by atoms with E-state index in [4.69, 9.17) is 9.47 Å². The lowest BCUT2D eigenvalue weighted by atomic mass is 9.99. The van der Waals surface area contributed by atoms with Crippen molar-refractivity contribution in [3.8, 4) is 0 Å². The number of aliphatic hydroxyl groups is 6. The molecule has 1 fully saturated rings. The highest BCUT2D eigenvalue weighted by atomic mass is 16.7. The van der Waals surface area contributed by atoms with Crippen molar-refractivity contribution < 1.29 is 44.9 Å². The van der Waals surface area contributed by atoms with Gasteiger partial charge < -0.3 is 45.4 Å². The zero-order valence-electron chi connectivity index (χ0n) is 33.6. The van der Waals surface area contributed by atoms with Crippen LogP contribution in [0.1, 0.15) is 168 Å². The molecule has 0 aromatic carbocycles. The zero-order chi connectivity index (χ0) is 39.1. The van der Waals surface area contributed by atoms with Gasteiger partial charge in [-0.15, -0.1) is 0 Å². The number of carbonyl (C=O) groups is 1. The third-order valence-electron chi connectivity index (χ3n) is 10.2. The van der Waals surface area contributed by atoms with Gasteiger partial charge in [0.2, 0.25) is 0 Å². The van der Waals surface area contributed by atoms with Crippen LogP contribution in [0.25, 0.3) is 0 Å². The molecule has 8 atom stereocenters. The van der Waals surface area contributed by atoms with E-state index in [1.807, 2.05) is 6.08 Å². The Hall–Kier alpha value is -1.63. The Morgan fingerprint density at radius 2 is 1.23 bits per heavy atom. The van der Waals surface area contributed by atoms with Crippen molar-refractivity contribution in [3.05, 3.63) is 36.0 Å². The van der Waals surface area contributed by atoms with Gasteiger partial charge in [0.1, 0.15) is 24.4 Å². The summed E-state index contributed by atoms with van der Waals surface area (Å²) in [7, 11) is 0. The summed E-state index contributed by atoms with van der Waals surface area (Å²) in [6.45, 7) is 5.66. The zero-order valence-corrected chi connectivity index (χ0v) is 33.6. The van der Waals surface area contributed by atoms with Crippen LogP contribution in [0.4, 0.5) is 0 Å². The third kappa shape index (κ3) is 23.8. The average Bonchev–Trinajstić information content (AvgIpc) is 3.15. The molecule has 1 aliphatic heterocycles. The predicted molar refractivity (Wildman–Crippen MR) is 213 cm³/mol. The summed E-state index contributed by atoms with van der Waals surface area (Å²) in [5.74, 6) is -0.713. The van der Waals surface area contributed by atoms with Crippen molar-refractivity contribution in [2.75, 3.05) is 13.2 Å². The molecule has 1 saturated heterocycles. The predicted octanol–water partition coefficient (Wildman–Crippen LogP) is 7.08. The van der Waals surface area contributed by atoms with Crippen molar-refractivity contribution >= 4 is 5.91 Å². The van der Waals surface area contributed by atoms with Crippen molar-refractivity contribution in [3.63, 3.8) is 0 Å². The monoisotopic (exact) mass is 754 g/mol. The van der Waals surface area contributed by atoms with Crippen molar-refractivity contribution in [2.45, 2.75) is 217 Å². The Morgan fingerprint density at radius 1 is 0.698 bits per heavy atom. The highest BCUT2D eigenvalue weighted by Gasteiger charge is 2.44. The summed E-state index contributed by atoms with van der Waals surface area (Å²) in [6, 6.07) is -1.03. The lowest BCUT2D eigenvalue weighted by molar-refractivity contribution is -0.302. The quantitative estimate of drug-likeness (QED) is 0.0274. The molecule has 8 unspecified atom stereocenters. The molecule has 10 heteroatoms. The van der Waals surface area contributed by atoms with Crippen LogP contribution in [0.15, 0.2) is 36.0 Å². The van der Waals surface area contributed by atoms with Crippen LogP contribution in [0.3, 0.4) is 0 Å². The fourth-order valence-corrected chi connectivity index (χ4v) is 6.57. The van der Waals surface area contributed by atoms with Gasteiger partial charge in [-0.1, -0.05) is 159 Å². The average molecular weight is 754 g/mol. The van der Waals surface area contributed by atoms with Crippen LogP contribution >= 0.6 is 0 Å². The van der Waals surface area contributed by atoms with Gasteiger partial charge in [-0.3, -0.25) is 4.79 Å². The first-order valence-corrected chi connectivity index (χ1v) is 21.2. The molecule has 1 heterocycles. The van der Waals surface area contributed by atoms with Gasteiger partial charge in [-0.05, 0) is 45.4 Å². The molecule has 310 valence electrons. The molecule has 7 N–H and O–H groups in total. The maximum atomic E-state index is 13.0. The molecule has 0 aromatic heterocycles. The molecule has 0 radical (unpaired) electrons. The molecule has 53 heavy (non-hydrogen) atoms. The molecule has 0 saturated carbocycles. The fraction of sp³-hybridized carbons (Fsp3) is 0.837. The summed E-state index contributed by atoms with van der Waals surface area (Å²) < 4.78 is 11.1. The maximum absolute atomic E-state index is 13.0. The normalized spacial score (nSPS) is 22.8. The number of nitrogens with one attached hydrogen (secondary N) is 1. The third-order valence-corrected chi connectivity index (χ3v) is 10.2.